The van der Waals surface area contributed by atoms with Gasteiger partial charge in [0.25, 0.3) is 0 Å². The van der Waals surface area contributed by atoms with Crippen LogP contribution in [0.3, 0.4) is 0 Å². The smallest absolute Gasteiger partial charge is 0.00477 e. The second-order valence-corrected chi connectivity index (χ2v) is 10.2. The number of rotatable bonds is 3. The van der Waals surface area contributed by atoms with E-state index in [9.17, 15) is 0 Å². The minimum absolute atomic E-state index is 0.0281. The predicted octanol–water partition coefficient (Wildman–Crippen LogP) is 8.02. The van der Waals surface area contributed by atoms with Gasteiger partial charge in [0, 0.05) is 11.3 Å². The summed E-state index contributed by atoms with van der Waals surface area (Å²) in [6.07, 6.45) is 4.06. The van der Waals surface area contributed by atoms with Crippen LogP contribution in [0.15, 0.2) is 36.4 Å². The zero-order valence-electron chi connectivity index (χ0n) is 17.2. The molecule has 1 aliphatic heterocycles. The van der Waals surface area contributed by atoms with Gasteiger partial charge >= 0.3 is 0 Å². The van der Waals surface area contributed by atoms with Crippen LogP contribution in [0, 0.1) is 27.7 Å². The Morgan fingerprint density at radius 1 is 0.680 bits per heavy atom. The fraction of sp³-hybridized carbons (Fsp3) is 0.500. The van der Waals surface area contributed by atoms with Gasteiger partial charge in [-0.25, -0.2) is 0 Å². The summed E-state index contributed by atoms with van der Waals surface area (Å²) < 4.78 is 0. The Kier molecular flexibility index (Phi) is 7.26. The molecule has 0 aliphatic carbocycles. The molecule has 0 radical (unpaired) electrons. The summed E-state index contributed by atoms with van der Waals surface area (Å²) in [6.45, 7) is 15.4. The Balaban J connectivity index is 0.00000109. The van der Waals surface area contributed by atoms with Gasteiger partial charge in [0.05, 0.1) is 0 Å². The van der Waals surface area contributed by atoms with Gasteiger partial charge in [-0.3, -0.25) is 0 Å². The van der Waals surface area contributed by atoms with Gasteiger partial charge in [-0.1, -0.05) is 87.3 Å². The summed E-state index contributed by atoms with van der Waals surface area (Å²) in [5, 5.41) is 0. The molecule has 0 aromatic heterocycles. The van der Waals surface area contributed by atoms with Crippen molar-refractivity contribution in [3.05, 3.63) is 69.8 Å². The first-order valence-corrected chi connectivity index (χ1v) is 11.6. The molecule has 0 nitrogen and oxygen atoms in total. The quantitative estimate of drug-likeness (QED) is 0.489. The summed E-state index contributed by atoms with van der Waals surface area (Å²) in [6, 6.07) is 14.3. The Hall–Kier alpha value is -1.13. The maximum Gasteiger partial charge on any atom is 0.00477 e. The zero-order chi connectivity index (χ0) is 18.6. The molecule has 0 N–H and O–H groups in total. The second kappa shape index (κ2) is 9.00. The standard InChI is InChI=1S/C22H29P.C2H6/c1-6-23-21(19-11-15(2)9-16(3)12-19)7-8-22(23)20-13-17(4)10-18(5)14-20;1-2/h9-14,21-22H,6-8H2,1-5H3;1-2H3. The third-order valence-corrected chi connectivity index (χ3v) is 8.58. The van der Waals surface area contributed by atoms with Gasteiger partial charge in [0.15, 0.2) is 0 Å². The highest BCUT2D eigenvalue weighted by atomic mass is 31.1. The van der Waals surface area contributed by atoms with E-state index in [2.05, 4.69) is 71.0 Å². The van der Waals surface area contributed by atoms with Crippen molar-refractivity contribution in [1.29, 1.82) is 0 Å². The van der Waals surface area contributed by atoms with Gasteiger partial charge in [-0.15, -0.1) is 0 Å². The van der Waals surface area contributed by atoms with Crippen molar-refractivity contribution in [2.75, 3.05) is 6.16 Å². The molecule has 136 valence electrons. The molecule has 0 bridgehead atoms. The van der Waals surface area contributed by atoms with Crippen molar-refractivity contribution >= 4 is 7.92 Å². The fourth-order valence-corrected chi connectivity index (χ4v) is 7.77. The molecule has 2 aromatic carbocycles. The molecule has 0 amide bonds. The number of aryl methyl sites for hydroxylation is 4. The van der Waals surface area contributed by atoms with Gasteiger partial charge < -0.3 is 0 Å². The summed E-state index contributed by atoms with van der Waals surface area (Å²) in [5.74, 6) is 0. The highest BCUT2D eigenvalue weighted by molar-refractivity contribution is 7.58. The maximum absolute atomic E-state index is 2.44. The predicted molar refractivity (Wildman–Crippen MR) is 115 cm³/mol. The molecule has 1 heteroatoms. The Morgan fingerprint density at radius 3 is 1.28 bits per heavy atom. The van der Waals surface area contributed by atoms with Gasteiger partial charge in [-0.05, 0) is 57.8 Å². The largest absolute Gasteiger partial charge is 0.0916 e. The molecule has 2 unspecified atom stereocenters. The molecule has 1 aliphatic rings. The third-order valence-electron chi connectivity index (χ3n) is 5.14. The van der Waals surface area contributed by atoms with Crippen molar-refractivity contribution < 1.29 is 0 Å². The van der Waals surface area contributed by atoms with Crippen LogP contribution in [0.2, 0.25) is 0 Å². The first-order valence-electron chi connectivity index (χ1n) is 9.90. The van der Waals surface area contributed by atoms with E-state index in [0.29, 0.717) is 0 Å². The number of hydrogen-bond acceptors (Lipinski definition) is 0. The maximum atomic E-state index is 2.44. The fourth-order valence-electron chi connectivity index (χ4n) is 4.43. The average Bonchev–Trinajstić information content (AvgIpc) is 2.99. The van der Waals surface area contributed by atoms with E-state index < -0.39 is 0 Å². The van der Waals surface area contributed by atoms with Crippen LogP contribution in [0.4, 0.5) is 0 Å². The van der Waals surface area contributed by atoms with E-state index in [1.165, 1.54) is 41.3 Å². The number of hydrogen-bond donors (Lipinski definition) is 0. The molecular weight excluding hydrogens is 319 g/mol. The van der Waals surface area contributed by atoms with Crippen molar-refractivity contribution in [3.8, 4) is 0 Å². The topological polar surface area (TPSA) is 0 Å². The molecule has 0 spiro atoms. The van der Waals surface area contributed by atoms with E-state index in [1.54, 1.807) is 11.1 Å². The zero-order valence-corrected chi connectivity index (χ0v) is 18.1. The average molecular weight is 355 g/mol. The Bertz CT molecular complexity index is 601. The van der Waals surface area contributed by atoms with Crippen LogP contribution in [-0.2, 0) is 0 Å². The van der Waals surface area contributed by atoms with E-state index >= 15 is 0 Å². The summed E-state index contributed by atoms with van der Waals surface area (Å²) in [5.41, 5.74) is 10.5. The molecule has 1 saturated heterocycles. The van der Waals surface area contributed by atoms with Crippen molar-refractivity contribution in [2.24, 2.45) is 0 Å². The van der Waals surface area contributed by atoms with Crippen molar-refractivity contribution in [2.45, 2.75) is 72.6 Å². The van der Waals surface area contributed by atoms with Crippen LogP contribution in [0.1, 0.15) is 78.3 Å². The Labute approximate surface area is 156 Å². The highest BCUT2D eigenvalue weighted by Crippen LogP contribution is 2.70. The molecular formula is C24H35P. The lowest BCUT2D eigenvalue weighted by Gasteiger charge is -2.26. The van der Waals surface area contributed by atoms with E-state index in [1.807, 2.05) is 13.8 Å². The van der Waals surface area contributed by atoms with Crippen LogP contribution in [0.5, 0.6) is 0 Å². The molecule has 1 fully saturated rings. The molecule has 3 rings (SSSR count). The molecule has 2 atom stereocenters. The number of benzene rings is 2. The molecule has 0 saturated carbocycles. The van der Waals surface area contributed by atoms with Crippen molar-refractivity contribution in [3.63, 3.8) is 0 Å². The lowest BCUT2D eigenvalue weighted by molar-refractivity contribution is 0.764. The lowest BCUT2D eigenvalue weighted by Crippen LogP contribution is -1.98. The van der Waals surface area contributed by atoms with Crippen molar-refractivity contribution in [1.82, 2.24) is 0 Å². The lowest BCUT2D eigenvalue weighted by atomic mass is 9.99. The van der Waals surface area contributed by atoms with Crippen LogP contribution in [-0.4, -0.2) is 6.16 Å². The first-order chi connectivity index (χ1) is 12.0. The van der Waals surface area contributed by atoms with E-state index in [0.717, 1.165) is 11.3 Å². The second-order valence-electron chi connectivity index (χ2n) is 7.28. The molecule has 2 aromatic rings. The molecule has 25 heavy (non-hydrogen) atoms. The highest BCUT2D eigenvalue weighted by Gasteiger charge is 2.36. The normalized spacial score (nSPS) is 22.4. The summed E-state index contributed by atoms with van der Waals surface area (Å²) in [4.78, 5) is 0. The van der Waals surface area contributed by atoms with E-state index in [-0.39, 0.29) is 7.92 Å². The van der Waals surface area contributed by atoms with E-state index in [4.69, 9.17) is 0 Å². The first kappa shape index (κ1) is 20.2. The van der Waals surface area contributed by atoms with Gasteiger partial charge in [0.2, 0.25) is 0 Å². The monoisotopic (exact) mass is 354 g/mol. The Morgan fingerprint density at radius 2 is 1.00 bits per heavy atom. The summed E-state index contributed by atoms with van der Waals surface area (Å²) >= 11 is 0. The summed E-state index contributed by atoms with van der Waals surface area (Å²) in [7, 11) is 0.0281. The minimum Gasteiger partial charge on any atom is -0.0916 e. The van der Waals surface area contributed by atoms with Crippen LogP contribution < -0.4 is 0 Å². The SMILES string of the molecule is CC.CCP1C(c2cc(C)cc(C)c2)CCC1c1cc(C)cc(C)c1. The van der Waals surface area contributed by atoms with Gasteiger partial charge in [0.1, 0.15) is 0 Å². The van der Waals surface area contributed by atoms with Crippen LogP contribution >= 0.6 is 7.92 Å². The van der Waals surface area contributed by atoms with Crippen LogP contribution in [0.25, 0.3) is 0 Å². The molecule has 1 heterocycles. The third kappa shape index (κ3) is 4.73. The minimum atomic E-state index is 0.0281. The van der Waals surface area contributed by atoms with Gasteiger partial charge in [-0.2, -0.15) is 0 Å².